The zero-order valence-corrected chi connectivity index (χ0v) is 12.3. The van der Waals surface area contributed by atoms with E-state index >= 15 is 0 Å². The zero-order chi connectivity index (χ0) is 10.8. The van der Waals surface area contributed by atoms with Gasteiger partial charge in [0.2, 0.25) is 5.89 Å². The van der Waals surface area contributed by atoms with E-state index in [4.69, 9.17) is 4.42 Å². The van der Waals surface area contributed by atoms with Gasteiger partial charge in [-0.1, -0.05) is 11.8 Å². The second-order valence-electron chi connectivity index (χ2n) is 2.61. The third-order valence-electron chi connectivity index (χ3n) is 1.35. The summed E-state index contributed by atoms with van der Waals surface area (Å²) in [7, 11) is 0. The Balaban J connectivity index is 0.00000196. The Morgan fingerprint density at radius 2 is 2.07 bits per heavy atom. The maximum absolute atomic E-state index is 12.0. The Morgan fingerprint density at radius 3 is 2.47 bits per heavy atom. The van der Waals surface area contributed by atoms with Crippen molar-refractivity contribution in [2.75, 3.05) is 5.75 Å². The number of hydrogen-bond acceptors (Lipinski definition) is 4. The molecule has 0 unspecified atom stereocenters. The molecule has 0 N–H and O–H groups in total. The second-order valence-corrected chi connectivity index (χ2v) is 3.54. The third kappa shape index (κ3) is 5.55. The van der Waals surface area contributed by atoms with E-state index in [-0.39, 0.29) is 62.4 Å². The molecule has 1 heterocycles. The number of halogens is 3. The van der Waals surface area contributed by atoms with Crippen LogP contribution in [0.1, 0.15) is 5.89 Å². The van der Waals surface area contributed by atoms with Crippen molar-refractivity contribution in [2.24, 2.45) is 0 Å². The summed E-state index contributed by atoms with van der Waals surface area (Å²) in [5.74, 6) is 0.0566. The first-order valence-corrected chi connectivity index (χ1v) is 4.68. The van der Waals surface area contributed by atoms with E-state index in [9.17, 15) is 12.9 Å². The normalized spacial score (nSPS) is 10.9. The van der Waals surface area contributed by atoms with Gasteiger partial charge in [-0.15, -0.1) is 22.2 Å². The van der Waals surface area contributed by atoms with Gasteiger partial charge in [-0.25, -0.2) is 0 Å². The molecule has 0 aliphatic heterocycles. The average molecular weight is 262 g/mol. The van der Waals surface area contributed by atoms with Crippen LogP contribution in [0.5, 0.6) is 0 Å². The van der Waals surface area contributed by atoms with Crippen LogP contribution in [0.4, 0.5) is 12.9 Å². The number of aryl methyl sites for hydroxylation is 1. The summed E-state index contributed by atoms with van der Waals surface area (Å²) < 4.78 is 41.0. The molecule has 0 aliphatic carbocycles. The second kappa shape index (κ2) is 6.46. The molecule has 1 aromatic rings. The van der Waals surface area contributed by atoms with Crippen LogP contribution in [0.3, 0.4) is 0 Å². The molecule has 9 heteroatoms. The van der Waals surface area contributed by atoms with Crippen LogP contribution in [0, 0.1) is 6.92 Å². The number of aromatic nitrogens is 2. The standard InChI is InChI=1S/C6H7BF3N2OS.K/c1-4(7(8,9)10)3-14-6-12-11-5(2)13-6;/h1,3H2,2H3;/q-1;+1. The van der Waals surface area contributed by atoms with Gasteiger partial charge in [-0.05, 0) is 5.75 Å². The summed E-state index contributed by atoms with van der Waals surface area (Å²) in [6, 6.07) is 0. The van der Waals surface area contributed by atoms with Crippen LogP contribution in [-0.2, 0) is 0 Å². The fraction of sp³-hybridized carbons (Fsp3) is 0.333. The van der Waals surface area contributed by atoms with Crippen LogP contribution >= 0.6 is 11.8 Å². The number of hydrogen-bond donors (Lipinski definition) is 0. The van der Waals surface area contributed by atoms with Crippen LogP contribution in [0.15, 0.2) is 21.7 Å². The molecule has 0 fully saturated rings. The Labute approximate surface area is 132 Å². The topological polar surface area (TPSA) is 38.9 Å². The van der Waals surface area contributed by atoms with Gasteiger partial charge < -0.3 is 17.4 Å². The summed E-state index contributed by atoms with van der Waals surface area (Å²) >= 11 is 0.832. The average Bonchev–Trinajstić information content (AvgIpc) is 2.45. The van der Waals surface area contributed by atoms with Gasteiger partial charge in [0.05, 0.1) is 0 Å². The van der Waals surface area contributed by atoms with Gasteiger partial charge in [0.15, 0.2) is 0 Å². The van der Waals surface area contributed by atoms with Gasteiger partial charge in [-0.2, -0.15) is 0 Å². The first-order chi connectivity index (χ1) is 6.39. The molecule has 15 heavy (non-hydrogen) atoms. The molecule has 0 amide bonds. The predicted octanol–water partition coefficient (Wildman–Crippen LogP) is -0.583. The molecule has 0 bridgehead atoms. The minimum absolute atomic E-state index is 0. The number of thioether (sulfide) groups is 1. The fourth-order valence-corrected chi connectivity index (χ4v) is 1.36. The monoisotopic (exact) mass is 262 g/mol. The fourth-order valence-electron chi connectivity index (χ4n) is 0.586. The van der Waals surface area contributed by atoms with Crippen molar-refractivity contribution < 1.29 is 68.7 Å². The summed E-state index contributed by atoms with van der Waals surface area (Å²) in [6.07, 6.45) is 0. The SMILES string of the molecule is C=C(CSc1nnc(C)o1)[B-](F)(F)F.[K+]. The molecule has 78 valence electrons. The van der Waals surface area contributed by atoms with Crippen LogP contribution < -0.4 is 51.4 Å². The van der Waals surface area contributed by atoms with E-state index in [1.807, 2.05) is 0 Å². The maximum atomic E-state index is 12.0. The van der Waals surface area contributed by atoms with Crippen molar-refractivity contribution in [3.8, 4) is 0 Å². The molecule has 0 aliphatic rings. The van der Waals surface area contributed by atoms with Gasteiger partial charge in [0, 0.05) is 6.92 Å². The first kappa shape index (κ1) is 15.7. The zero-order valence-electron chi connectivity index (χ0n) is 8.34. The maximum Gasteiger partial charge on any atom is 1.00 e. The van der Waals surface area contributed by atoms with Gasteiger partial charge in [0.25, 0.3) is 5.22 Å². The predicted molar refractivity (Wildman–Crippen MR) is 48.0 cm³/mol. The Morgan fingerprint density at radius 1 is 1.47 bits per heavy atom. The molecule has 0 radical (unpaired) electrons. The third-order valence-corrected chi connectivity index (χ3v) is 2.28. The van der Waals surface area contributed by atoms with E-state index in [1.165, 1.54) is 0 Å². The Kier molecular flexibility index (Phi) is 6.77. The van der Waals surface area contributed by atoms with E-state index in [0.717, 1.165) is 11.8 Å². The molecule has 0 spiro atoms. The van der Waals surface area contributed by atoms with Crippen molar-refractivity contribution in [2.45, 2.75) is 12.1 Å². The summed E-state index contributed by atoms with van der Waals surface area (Å²) in [5.41, 5.74) is -0.758. The van der Waals surface area contributed by atoms with Crippen LogP contribution in [0.2, 0.25) is 0 Å². The minimum Gasteiger partial charge on any atom is -0.445 e. The van der Waals surface area contributed by atoms with Crippen molar-refractivity contribution in [3.05, 3.63) is 17.9 Å². The van der Waals surface area contributed by atoms with E-state index < -0.39 is 12.4 Å². The molecule has 0 atom stereocenters. The minimum atomic E-state index is -4.97. The number of nitrogens with zero attached hydrogens (tertiary/aromatic N) is 2. The Bertz CT molecular complexity index is 343. The largest absolute Gasteiger partial charge is 1.00 e. The molecule has 0 saturated heterocycles. The van der Waals surface area contributed by atoms with Crippen LogP contribution in [0.25, 0.3) is 0 Å². The van der Waals surface area contributed by atoms with Gasteiger partial charge >= 0.3 is 58.4 Å². The molecule has 0 saturated carbocycles. The first-order valence-electron chi connectivity index (χ1n) is 3.70. The van der Waals surface area contributed by atoms with Crippen molar-refractivity contribution in [3.63, 3.8) is 0 Å². The molecule has 1 aromatic heterocycles. The summed E-state index contributed by atoms with van der Waals surface area (Å²) in [5, 5.41) is 7.16. The van der Waals surface area contributed by atoms with Gasteiger partial charge in [-0.3, -0.25) is 0 Å². The molecule has 1 rings (SSSR count). The van der Waals surface area contributed by atoms with Crippen molar-refractivity contribution in [1.82, 2.24) is 10.2 Å². The molecule has 3 nitrogen and oxygen atoms in total. The number of rotatable bonds is 4. The van der Waals surface area contributed by atoms with Gasteiger partial charge in [0.1, 0.15) is 0 Å². The summed E-state index contributed by atoms with van der Waals surface area (Å²) in [6.45, 7) is -0.459. The molecular formula is C6H7BF3KN2OS. The quantitative estimate of drug-likeness (QED) is 0.537. The van der Waals surface area contributed by atoms with E-state index in [1.54, 1.807) is 6.92 Å². The Hall–Kier alpha value is 0.721. The van der Waals surface area contributed by atoms with E-state index in [0.29, 0.717) is 5.89 Å². The van der Waals surface area contributed by atoms with Crippen molar-refractivity contribution in [1.29, 1.82) is 0 Å². The van der Waals surface area contributed by atoms with Crippen LogP contribution in [-0.4, -0.2) is 22.9 Å². The van der Waals surface area contributed by atoms with E-state index in [2.05, 4.69) is 16.8 Å². The molecular weight excluding hydrogens is 255 g/mol. The smallest absolute Gasteiger partial charge is 0.445 e. The molecule has 0 aromatic carbocycles. The van der Waals surface area contributed by atoms with Crippen molar-refractivity contribution >= 4 is 18.7 Å². The summed E-state index contributed by atoms with van der Waals surface area (Å²) in [4.78, 5) is 0.